The number of carbonyl (C=O) groups is 2. The number of hydrogen-bond acceptors (Lipinski definition) is 6. The van der Waals surface area contributed by atoms with Crippen molar-refractivity contribution in [2.24, 2.45) is 11.8 Å². The van der Waals surface area contributed by atoms with Gasteiger partial charge in [-0.25, -0.2) is 0 Å². The highest BCUT2D eigenvalue weighted by Gasteiger charge is 2.43. The number of aliphatic hydroxyl groups excluding tert-OH is 2. The number of allylic oxidation sites excluding steroid dienone is 1. The van der Waals surface area contributed by atoms with Crippen molar-refractivity contribution in [3.63, 3.8) is 0 Å². The lowest BCUT2D eigenvalue weighted by Gasteiger charge is -2.24. The van der Waals surface area contributed by atoms with E-state index in [0.29, 0.717) is 19.3 Å². The molecule has 1 aliphatic carbocycles. The lowest BCUT2D eigenvalue weighted by molar-refractivity contribution is -0.140. The average molecular weight is 397 g/mol. The summed E-state index contributed by atoms with van der Waals surface area (Å²) in [6, 6.07) is 0. The quantitative estimate of drug-likeness (QED) is 0.346. The van der Waals surface area contributed by atoms with Crippen LogP contribution in [0, 0.1) is 11.8 Å². The molecule has 1 saturated carbocycles. The second kappa shape index (κ2) is 12.1. The van der Waals surface area contributed by atoms with Gasteiger partial charge in [-0.1, -0.05) is 44.1 Å². The van der Waals surface area contributed by atoms with Crippen molar-refractivity contribution in [1.29, 1.82) is 0 Å². The Hall–Kier alpha value is -1.50. The van der Waals surface area contributed by atoms with Crippen molar-refractivity contribution in [3.05, 3.63) is 24.3 Å². The first-order valence-electron chi connectivity index (χ1n) is 10.2. The van der Waals surface area contributed by atoms with E-state index in [1.54, 1.807) is 25.2 Å². The van der Waals surface area contributed by atoms with E-state index in [4.69, 9.17) is 0 Å². The van der Waals surface area contributed by atoms with Crippen molar-refractivity contribution < 1.29 is 29.6 Å². The van der Waals surface area contributed by atoms with E-state index in [0.717, 1.165) is 12.8 Å². The molecule has 0 heterocycles. The molecule has 0 bridgehead atoms. The van der Waals surface area contributed by atoms with Crippen molar-refractivity contribution in [3.8, 4) is 0 Å². The van der Waals surface area contributed by atoms with Gasteiger partial charge in [-0.2, -0.15) is 0 Å². The van der Waals surface area contributed by atoms with Crippen LogP contribution in [0.3, 0.4) is 0 Å². The minimum absolute atomic E-state index is 0.0367. The van der Waals surface area contributed by atoms with Crippen LogP contribution >= 0.6 is 0 Å². The molecular weight excluding hydrogens is 360 g/mol. The second-order valence-electron chi connectivity index (χ2n) is 7.96. The molecular formula is C22H36O6. The highest BCUT2D eigenvalue weighted by molar-refractivity contribution is 5.85. The molecule has 0 radical (unpaired) electrons. The molecule has 6 heteroatoms. The Morgan fingerprint density at radius 2 is 2.07 bits per heavy atom. The number of esters is 1. The fourth-order valence-electron chi connectivity index (χ4n) is 3.59. The molecule has 1 aliphatic rings. The van der Waals surface area contributed by atoms with Gasteiger partial charge in [-0.3, -0.25) is 9.59 Å². The molecule has 0 saturated heterocycles. The molecule has 28 heavy (non-hydrogen) atoms. The number of unbranched alkanes of at least 4 members (excludes halogenated alkanes) is 1. The van der Waals surface area contributed by atoms with Crippen molar-refractivity contribution in [2.75, 3.05) is 7.11 Å². The molecule has 0 spiro atoms. The van der Waals surface area contributed by atoms with Crippen LogP contribution in [0.25, 0.3) is 0 Å². The van der Waals surface area contributed by atoms with E-state index in [9.17, 15) is 24.9 Å². The minimum atomic E-state index is -0.894. The van der Waals surface area contributed by atoms with Gasteiger partial charge in [0.2, 0.25) is 0 Å². The minimum Gasteiger partial charge on any atom is -0.469 e. The van der Waals surface area contributed by atoms with E-state index >= 15 is 0 Å². The van der Waals surface area contributed by atoms with Crippen LogP contribution in [0.1, 0.15) is 65.2 Å². The fraction of sp³-hybridized carbons (Fsp3) is 0.727. The first-order chi connectivity index (χ1) is 13.2. The van der Waals surface area contributed by atoms with Crippen LogP contribution in [-0.4, -0.2) is 52.0 Å². The molecule has 5 atom stereocenters. The highest BCUT2D eigenvalue weighted by Crippen LogP contribution is 2.34. The number of carbonyl (C=O) groups excluding carboxylic acids is 2. The maximum Gasteiger partial charge on any atom is 0.305 e. The highest BCUT2D eigenvalue weighted by atomic mass is 16.5. The number of rotatable bonds is 12. The third-order valence-electron chi connectivity index (χ3n) is 5.33. The summed E-state index contributed by atoms with van der Waals surface area (Å²) < 4.78 is 4.56. The largest absolute Gasteiger partial charge is 0.469 e. The number of hydrogen-bond donors (Lipinski definition) is 3. The Kier molecular flexibility index (Phi) is 10.6. The zero-order valence-corrected chi connectivity index (χ0v) is 17.3. The van der Waals surface area contributed by atoms with Crippen molar-refractivity contribution in [1.82, 2.24) is 0 Å². The molecule has 0 amide bonds. The molecule has 0 aromatic carbocycles. The van der Waals surface area contributed by atoms with Gasteiger partial charge in [0.15, 0.2) is 0 Å². The predicted molar refractivity (Wildman–Crippen MR) is 108 cm³/mol. The van der Waals surface area contributed by atoms with Crippen LogP contribution in [-0.2, 0) is 14.3 Å². The molecule has 2 unspecified atom stereocenters. The van der Waals surface area contributed by atoms with Crippen molar-refractivity contribution >= 4 is 11.8 Å². The summed E-state index contributed by atoms with van der Waals surface area (Å²) in [6.45, 7) is 3.86. The number of Topliss-reactive ketones (excluding diaryl/α,β-unsaturated/α-hetero) is 1. The van der Waals surface area contributed by atoms with Gasteiger partial charge in [0.1, 0.15) is 5.78 Å². The maximum absolute atomic E-state index is 12.3. The molecule has 160 valence electrons. The molecule has 1 rings (SSSR count). The topological polar surface area (TPSA) is 104 Å². The van der Waals surface area contributed by atoms with Crippen LogP contribution in [0.5, 0.6) is 0 Å². The van der Waals surface area contributed by atoms with Crippen LogP contribution in [0.15, 0.2) is 24.3 Å². The van der Waals surface area contributed by atoms with Crippen LogP contribution in [0.2, 0.25) is 0 Å². The first kappa shape index (κ1) is 24.5. The average Bonchev–Trinajstić information content (AvgIpc) is 2.92. The molecule has 6 nitrogen and oxygen atoms in total. The fourth-order valence-corrected chi connectivity index (χ4v) is 3.59. The molecule has 1 fully saturated rings. The van der Waals surface area contributed by atoms with E-state index in [2.05, 4.69) is 11.7 Å². The Balaban J connectivity index is 2.62. The van der Waals surface area contributed by atoms with Crippen LogP contribution < -0.4 is 0 Å². The normalized spacial score (nSPS) is 26.1. The number of ketones is 1. The van der Waals surface area contributed by atoms with Gasteiger partial charge in [-0.05, 0) is 32.6 Å². The third-order valence-corrected chi connectivity index (χ3v) is 5.33. The van der Waals surface area contributed by atoms with Crippen LogP contribution in [0.4, 0.5) is 0 Å². The Bertz CT molecular complexity index is 551. The van der Waals surface area contributed by atoms with Gasteiger partial charge < -0.3 is 20.1 Å². The summed E-state index contributed by atoms with van der Waals surface area (Å²) >= 11 is 0. The summed E-state index contributed by atoms with van der Waals surface area (Å²) in [5.74, 6) is -1.54. The summed E-state index contributed by atoms with van der Waals surface area (Å²) in [6.07, 6.45) is 9.60. The van der Waals surface area contributed by atoms with E-state index in [-0.39, 0.29) is 31.0 Å². The zero-order valence-electron chi connectivity index (χ0n) is 17.3. The van der Waals surface area contributed by atoms with Crippen molar-refractivity contribution in [2.45, 2.75) is 83.0 Å². The van der Waals surface area contributed by atoms with E-state index < -0.39 is 29.6 Å². The SMILES string of the molecule is CCCCC(C)(O)C/C=C/[C@H]1[C@H](O)CC(=O)[C@@H]1C(O)C/C=C\CCC(=O)OC. The van der Waals surface area contributed by atoms with Gasteiger partial charge in [0.05, 0.1) is 30.8 Å². The first-order valence-corrected chi connectivity index (χ1v) is 10.2. The van der Waals surface area contributed by atoms with Gasteiger partial charge >= 0.3 is 5.97 Å². The smallest absolute Gasteiger partial charge is 0.305 e. The number of aliphatic hydroxyl groups is 3. The predicted octanol–water partition coefficient (Wildman–Crippen LogP) is 2.70. The van der Waals surface area contributed by atoms with Gasteiger partial charge in [0.25, 0.3) is 0 Å². The lowest BCUT2D eigenvalue weighted by atomic mass is 9.86. The molecule has 0 aromatic rings. The molecule has 3 N–H and O–H groups in total. The lowest BCUT2D eigenvalue weighted by Crippen LogP contribution is -2.30. The summed E-state index contributed by atoms with van der Waals surface area (Å²) in [4.78, 5) is 23.3. The van der Waals surface area contributed by atoms with E-state index in [1.165, 1.54) is 7.11 Å². The Labute approximate surface area is 168 Å². The molecule has 0 aliphatic heterocycles. The summed E-state index contributed by atoms with van der Waals surface area (Å²) in [5.41, 5.74) is -0.809. The number of ether oxygens (including phenoxy) is 1. The molecule has 0 aromatic heterocycles. The second-order valence-corrected chi connectivity index (χ2v) is 7.96. The van der Waals surface area contributed by atoms with Gasteiger partial charge in [0, 0.05) is 18.8 Å². The zero-order chi connectivity index (χ0) is 21.2. The Morgan fingerprint density at radius 3 is 2.71 bits per heavy atom. The maximum atomic E-state index is 12.3. The summed E-state index contributed by atoms with van der Waals surface area (Å²) in [5, 5.41) is 31.1. The number of methoxy groups -OCH3 is 1. The van der Waals surface area contributed by atoms with Gasteiger partial charge in [-0.15, -0.1) is 0 Å². The standard InChI is InChI=1S/C22H36O6/c1-4-5-13-22(2,27)14-9-10-16-18(24)15-19(25)21(16)17(23)11-7-6-8-12-20(26)28-3/h6-7,9-10,16-18,21,23-24,27H,4-5,8,11-15H2,1-3H3/b7-6-,10-9+/t16-,17?,18+,21-,22?/m0/s1. The monoisotopic (exact) mass is 396 g/mol. The Morgan fingerprint density at radius 1 is 1.36 bits per heavy atom. The van der Waals surface area contributed by atoms with E-state index in [1.807, 2.05) is 6.08 Å². The third kappa shape index (κ3) is 8.25. The summed E-state index contributed by atoms with van der Waals surface area (Å²) in [7, 11) is 1.34.